The number of nitrogens with one attached hydrogen (secondary N) is 1. The Morgan fingerprint density at radius 2 is 2.22 bits per heavy atom. The van der Waals surface area contributed by atoms with Crippen LogP contribution in [0.4, 0.5) is 5.82 Å². The van der Waals surface area contributed by atoms with Crippen molar-refractivity contribution < 1.29 is 9.90 Å². The van der Waals surface area contributed by atoms with Gasteiger partial charge in [-0.1, -0.05) is 6.07 Å². The summed E-state index contributed by atoms with van der Waals surface area (Å²) in [5, 5.41) is 14.9. The second-order valence-corrected chi connectivity index (χ2v) is 4.80. The summed E-state index contributed by atoms with van der Waals surface area (Å²) in [6.45, 7) is 3.91. The van der Waals surface area contributed by atoms with Gasteiger partial charge in [-0.2, -0.15) is 0 Å². The molecular formula is C12H13N3O2S. The molecule has 0 aromatic carbocycles. The molecule has 2 heterocycles. The number of pyridine rings is 1. The zero-order valence-corrected chi connectivity index (χ0v) is 10.9. The predicted molar refractivity (Wildman–Crippen MR) is 70.1 cm³/mol. The number of aryl methyl sites for hydroxylation is 1. The number of aromatic carboxylic acids is 1. The van der Waals surface area contributed by atoms with Crippen LogP contribution in [-0.4, -0.2) is 21.0 Å². The largest absolute Gasteiger partial charge is 0.477 e. The highest BCUT2D eigenvalue weighted by Crippen LogP contribution is 2.21. The molecule has 1 atom stereocenters. The molecule has 0 spiro atoms. The lowest BCUT2D eigenvalue weighted by atomic mass is 10.3. The Kier molecular flexibility index (Phi) is 3.57. The van der Waals surface area contributed by atoms with Gasteiger partial charge in [0.1, 0.15) is 10.8 Å². The van der Waals surface area contributed by atoms with E-state index in [1.54, 1.807) is 23.5 Å². The number of rotatable bonds is 4. The number of anilines is 1. The van der Waals surface area contributed by atoms with Crippen molar-refractivity contribution in [2.75, 3.05) is 5.32 Å². The summed E-state index contributed by atoms with van der Waals surface area (Å²) >= 11 is 1.57. The van der Waals surface area contributed by atoms with Gasteiger partial charge >= 0.3 is 5.97 Å². The van der Waals surface area contributed by atoms with Crippen LogP contribution >= 0.6 is 11.3 Å². The molecule has 0 fully saturated rings. The van der Waals surface area contributed by atoms with Crippen LogP contribution in [0.2, 0.25) is 0 Å². The van der Waals surface area contributed by atoms with E-state index >= 15 is 0 Å². The molecule has 0 aliphatic rings. The van der Waals surface area contributed by atoms with Gasteiger partial charge in [-0.3, -0.25) is 0 Å². The summed E-state index contributed by atoms with van der Waals surface area (Å²) < 4.78 is 0. The first-order valence-corrected chi connectivity index (χ1v) is 6.33. The summed E-state index contributed by atoms with van der Waals surface area (Å²) in [7, 11) is 0. The van der Waals surface area contributed by atoms with Crippen LogP contribution in [-0.2, 0) is 0 Å². The van der Waals surface area contributed by atoms with Crippen molar-refractivity contribution in [3.63, 3.8) is 0 Å². The van der Waals surface area contributed by atoms with E-state index in [0.717, 1.165) is 10.7 Å². The minimum atomic E-state index is -1.03. The fraction of sp³-hybridized carbons (Fsp3) is 0.250. The fourth-order valence-corrected chi connectivity index (χ4v) is 2.29. The summed E-state index contributed by atoms with van der Waals surface area (Å²) in [5.41, 5.74) is 1.01. The number of nitrogens with zero attached hydrogens (tertiary/aromatic N) is 2. The highest BCUT2D eigenvalue weighted by Gasteiger charge is 2.11. The third-order valence-electron chi connectivity index (χ3n) is 2.34. The SMILES string of the molecule is Cc1csc(C(C)Nc2cccc(C(=O)O)n2)n1. The number of carboxylic acids is 1. The lowest BCUT2D eigenvalue weighted by Crippen LogP contribution is -2.09. The molecule has 0 aliphatic heterocycles. The number of carboxylic acid groups (broad SMARTS) is 1. The van der Waals surface area contributed by atoms with Crippen LogP contribution in [0.3, 0.4) is 0 Å². The number of hydrogen-bond donors (Lipinski definition) is 2. The van der Waals surface area contributed by atoms with E-state index in [-0.39, 0.29) is 11.7 Å². The van der Waals surface area contributed by atoms with E-state index in [4.69, 9.17) is 5.11 Å². The van der Waals surface area contributed by atoms with Crippen molar-refractivity contribution in [1.29, 1.82) is 0 Å². The molecule has 18 heavy (non-hydrogen) atoms. The molecule has 0 aliphatic carbocycles. The van der Waals surface area contributed by atoms with E-state index < -0.39 is 5.97 Å². The van der Waals surface area contributed by atoms with Crippen LogP contribution in [0.1, 0.15) is 34.2 Å². The van der Waals surface area contributed by atoms with Crippen molar-refractivity contribution in [3.05, 3.63) is 40.0 Å². The summed E-state index contributed by atoms with van der Waals surface area (Å²) in [6.07, 6.45) is 0. The van der Waals surface area contributed by atoms with Crippen molar-refractivity contribution in [1.82, 2.24) is 9.97 Å². The van der Waals surface area contributed by atoms with Crippen LogP contribution in [0.5, 0.6) is 0 Å². The Balaban J connectivity index is 2.14. The zero-order valence-electron chi connectivity index (χ0n) is 10.0. The molecule has 94 valence electrons. The second-order valence-electron chi connectivity index (χ2n) is 3.91. The smallest absolute Gasteiger partial charge is 0.354 e. The molecule has 0 saturated carbocycles. The number of carbonyl (C=O) groups is 1. The maximum atomic E-state index is 10.8. The maximum absolute atomic E-state index is 10.8. The molecule has 1 unspecified atom stereocenters. The first-order chi connectivity index (χ1) is 8.56. The van der Waals surface area contributed by atoms with Gasteiger partial charge in [0.05, 0.1) is 6.04 Å². The predicted octanol–water partition coefficient (Wildman–Crippen LogP) is 2.72. The Hall–Kier alpha value is -1.95. The summed E-state index contributed by atoms with van der Waals surface area (Å²) in [4.78, 5) is 19.2. The minimum absolute atomic E-state index is 0.000227. The molecule has 0 saturated heterocycles. The topological polar surface area (TPSA) is 75.1 Å². The van der Waals surface area contributed by atoms with Crippen molar-refractivity contribution >= 4 is 23.1 Å². The monoisotopic (exact) mass is 263 g/mol. The number of thiazole rings is 1. The molecule has 6 heteroatoms. The highest BCUT2D eigenvalue weighted by molar-refractivity contribution is 7.09. The number of aromatic nitrogens is 2. The molecule has 2 rings (SSSR count). The van der Waals surface area contributed by atoms with Crippen LogP contribution in [0.15, 0.2) is 23.6 Å². The lowest BCUT2D eigenvalue weighted by Gasteiger charge is -2.11. The molecular weight excluding hydrogens is 250 g/mol. The van der Waals surface area contributed by atoms with Gasteiger partial charge < -0.3 is 10.4 Å². The summed E-state index contributed by atoms with van der Waals surface area (Å²) in [5.74, 6) is -0.494. The van der Waals surface area contributed by atoms with E-state index in [9.17, 15) is 4.79 Å². The van der Waals surface area contributed by atoms with Gasteiger partial charge in [-0.05, 0) is 26.0 Å². The van der Waals surface area contributed by atoms with Crippen LogP contribution in [0, 0.1) is 6.92 Å². The van der Waals surface area contributed by atoms with E-state index in [1.807, 2.05) is 19.2 Å². The molecule has 0 radical (unpaired) electrons. The van der Waals surface area contributed by atoms with Gasteiger partial charge in [0, 0.05) is 11.1 Å². The Morgan fingerprint density at radius 3 is 2.83 bits per heavy atom. The van der Waals surface area contributed by atoms with Crippen LogP contribution in [0.25, 0.3) is 0 Å². The van der Waals surface area contributed by atoms with Crippen molar-refractivity contribution in [2.45, 2.75) is 19.9 Å². The maximum Gasteiger partial charge on any atom is 0.354 e. The van der Waals surface area contributed by atoms with Crippen LogP contribution < -0.4 is 5.32 Å². The molecule has 2 aromatic heterocycles. The molecule has 5 nitrogen and oxygen atoms in total. The van der Waals surface area contributed by atoms with Gasteiger partial charge in [0.15, 0.2) is 5.69 Å². The molecule has 0 amide bonds. The third kappa shape index (κ3) is 2.84. The average molecular weight is 263 g/mol. The van der Waals surface area contributed by atoms with Gasteiger partial charge in [-0.15, -0.1) is 11.3 Å². The Bertz CT molecular complexity index is 568. The molecule has 2 aromatic rings. The first-order valence-electron chi connectivity index (χ1n) is 5.45. The van der Waals surface area contributed by atoms with Gasteiger partial charge in [-0.25, -0.2) is 14.8 Å². The zero-order chi connectivity index (χ0) is 13.1. The van der Waals surface area contributed by atoms with Crippen molar-refractivity contribution in [2.24, 2.45) is 0 Å². The second kappa shape index (κ2) is 5.14. The number of hydrogen-bond acceptors (Lipinski definition) is 5. The lowest BCUT2D eigenvalue weighted by molar-refractivity contribution is 0.0690. The standard InChI is InChI=1S/C12H13N3O2S/c1-7-6-18-11(13-7)8(2)14-10-5-3-4-9(15-10)12(16)17/h3-6,8H,1-2H3,(H,14,15)(H,16,17). The molecule has 2 N–H and O–H groups in total. The average Bonchev–Trinajstić information content (AvgIpc) is 2.76. The highest BCUT2D eigenvalue weighted by atomic mass is 32.1. The van der Waals surface area contributed by atoms with E-state index in [2.05, 4.69) is 15.3 Å². The van der Waals surface area contributed by atoms with E-state index in [1.165, 1.54) is 6.07 Å². The third-order valence-corrected chi connectivity index (χ3v) is 3.49. The quantitative estimate of drug-likeness (QED) is 0.887. The van der Waals surface area contributed by atoms with E-state index in [0.29, 0.717) is 5.82 Å². The fourth-order valence-electron chi connectivity index (χ4n) is 1.49. The minimum Gasteiger partial charge on any atom is -0.477 e. The molecule has 0 bridgehead atoms. The summed E-state index contributed by atoms with van der Waals surface area (Å²) in [6, 6.07) is 4.87. The Labute approximate surface area is 109 Å². The Morgan fingerprint density at radius 1 is 1.44 bits per heavy atom. The van der Waals surface area contributed by atoms with Crippen molar-refractivity contribution in [3.8, 4) is 0 Å². The van der Waals surface area contributed by atoms with Gasteiger partial charge in [0.25, 0.3) is 0 Å². The van der Waals surface area contributed by atoms with Gasteiger partial charge in [0.2, 0.25) is 0 Å². The first kappa shape index (κ1) is 12.5. The normalized spacial score (nSPS) is 12.1.